The van der Waals surface area contributed by atoms with Crippen molar-refractivity contribution < 1.29 is 19.4 Å². The van der Waals surface area contributed by atoms with E-state index in [-0.39, 0.29) is 32.0 Å². The molecule has 94 valence electrons. The van der Waals surface area contributed by atoms with Gasteiger partial charge in [0.2, 0.25) is 5.91 Å². The maximum absolute atomic E-state index is 11.4. The molecule has 17 heavy (non-hydrogen) atoms. The van der Waals surface area contributed by atoms with Gasteiger partial charge in [0.05, 0.1) is 26.3 Å². The minimum atomic E-state index is -0.612. The first-order valence-corrected chi connectivity index (χ1v) is 5.28. The second kappa shape index (κ2) is 6.23. The fourth-order valence-electron chi connectivity index (χ4n) is 1.83. The molecule has 6 nitrogen and oxygen atoms in total. The van der Waals surface area contributed by atoms with Crippen LogP contribution in [0.15, 0.2) is 0 Å². The summed E-state index contributed by atoms with van der Waals surface area (Å²) in [5.74, 6) is 1.58. The standard InChI is InChI=1S/C11H16N2O4/c1-3-4-12-10(15)7-13-6-8(14)5-9(13)11(16)17-2/h1,8-9,14H,4-7H2,2H3,(H,12,15). The SMILES string of the molecule is C#CCNC(=O)CN1CC(O)CC1C(=O)OC. The number of ether oxygens (including phenoxy) is 1. The molecule has 0 aromatic heterocycles. The molecule has 1 rings (SSSR count). The van der Waals surface area contributed by atoms with Crippen molar-refractivity contribution in [3.63, 3.8) is 0 Å². The van der Waals surface area contributed by atoms with Gasteiger partial charge in [0.15, 0.2) is 0 Å². The molecule has 2 unspecified atom stereocenters. The van der Waals surface area contributed by atoms with Crippen molar-refractivity contribution in [2.24, 2.45) is 0 Å². The van der Waals surface area contributed by atoms with E-state index in [1.165, 1.54) is 7.11 Å². The summed E-state index contributed by atoms with van der Waals surface area (Å²) in [7, 11) is 1.28. The number of nitrogens with one attached hydrogen (secondary N) is 1. The van der Waals surface area contributed by atoms with Gasteiger partial charge in [-0.2, -0.15) is 0 Å². The Balaban J connectivity index is 2.53. The van der Waals surface area contributed by atoms with Crippen LogP contribution in [0.4, 0.5) is 0 Å². The number of likely N-dealkylation sites (tertiary alicyclic amines) is 1. The number of amides is 1. The summed E-state index contributed by atoms with van der Waals surface area (Å²) in [4.78, 5) is 24.5. The Labute approximate surface area is 99.9 Å². The van der Waals surface area contributed by atoms with Gasteiger partial charge in [-0.3, -0.25) is 14.5 Å². The number of methoxy groups -OCH3 is 1. The van der Waals surface area contributed by atoms with Crippen molar-refractivity contribution in [2.45, 2.75) is 18.6 Å². The lowest BCUT2D eigenvalue weighted by atomic mass is 10.2. The minimum Gasteiger partial charge on any atom is -0.468 e. The Kier molecular flexibility index (Phi) is 4.94. The van der Waals surface area contributed by atoms with Gasteiger partial charge in [0, 0.05) is 13.0 Å². The lowest BCUT2D eigenvalue weighted by molar-refractivity contribution is -0.146. The molecule has 0 aromatic rings. The second-order valence-electron chi connectivity index (χ2n) is 3.84. The average Bonchev–Trinajstić information content (AvgIpc) is 2.66. The molecule has 0 saturated carbocycles. The maximum atomic E-state index is 11.4. The second-order valence-corrected chi connectivity index (χ2v) is 3.84. The van der Waals surface area contributed by atoms with Crippen LogP contribution < -0.4 is 5.32 Å². The fraction of sp³-hybridized carbons (Fsp3) is 0.636. The topological polar surface area (TPSA) is 78.9 Å². The first-order valence-electron chi connectivity index (χ1n) is 5.28. The van der Waals surface area contributed by atoms with Gasteiger partial charge in [-0.25, -0.2) is 0 Å². The minimum absolute atomic E-state index is 0.0263. The molecule has 6 heteroatoms. The summed E-state index contributed by atoms with van der Waals surface area (Å²) in [6.07, 6.45) is 4.69. The van der Waals surface area contributed by atoms with E-state index in [2.05, 4.69) is 16.0 Å². The smallest absolute Gasteiger partial charge is 0.323 e. The van der Waals surface area contributed by atoms with Crippen molar-refractivity contribution in [2.75, 3.05) is 26.7 Å². The zero-order valence-electron chi connectivity index (χ0n) is 9.68. The first-order chi connectivity index (χ1) is 8.08. The maximum Gasteiger partial charge on any atom is 0.323 e. The normalized spacial score (nSPS) is 24.1. The first kappa shape index (κ1) is 13.5. The van der Waals surface area contributed by atoms with Crippen LogP contribution in [0.5, 0.6) is 0 Å². The Hall–Kier alpha value is -1.58. The van der Waals surface area contributed by atoms with Crippen molar-refractivity contribution in [1.82, 2.24) is 10.2 Å². The summed E-state index contributed by atoms with van der Waals surface area (Å²) in [6.45, 7) is 0.458. The third kappa shape index (κ3) is 3.73. The number of terminal acetylenes is 1. The van der Waals surface area contributed by atoms with Gasteiger partial charge in [-0.05, 0) is 0 Å². The number of β-amino-alcohol motifs (C(OH)–C–C–N with tert-alkyl or cyclic N) is 1. The van der Waals surface area contributed by atoms with Crippen molar-refractivity contribution in [3.8, 4) is 12.3 Å². The van der Waals surface area contributed by atoms with Gasteiger partial charge in [-0.1, -0.05) is 5.92 Å². The van der Waals surface area contributed by atoms with E-state index in [9.17, 15) is 14.7 Å². The predicted octanol–water partition coefficient (Wildman–Crippen LogP) is -1.66. The third-order valence-electron chi connectivity index (χ3n) is 2.59. The summed E-state index contributed by atoms with van der Waals surface area (Å²) in [5, 5.41) is 12.0. The molecule has 1 saturated heterocycles. The molecule has 1 amide bonds. The molecule has 1 heterocycles. The fourth-order valence-corrected chi connectivity index (χ4v) is 1.83. The largest absolute Gasteiger partial charge is 0.468 e. The van der Waals surface area contributed by atoms with E-state index in [0.29, 0.717) is 0 Å². The highest BCUT2D eigenvalue weighted by Crippen LogP contribution is 2.18. The number of carbonyl (C=O) groups is 2. The molecule has 1 aliphatic heterocycles. The van der Waals surface area contributed by atoms with Crippen LogP contribution in [-0.4, -0.2) is 60.8 Å². The van der Waals surface area contributed by atoms with Crippen molar-refractivity contribution >= 4 is 11.9 Å². The summed E-state index contributed by atoms with van der Waals surface area (Å²) >= 11 is 0. The Morgan fingerprint density at radius 2 is 2.35 bits per heavy atom. The van der Waals surface area contributed by atoms with E-state index in [1.807, 2.05) is 0 Å². The molecule has 0 bridgehead atoms. The Bertz CT molecular complexity index is 337. The summed E-state index contributed by atoms with van der Waals surface area (Å²) in [5.41, 5.74) is 0. The highest BCUT2D eigenvalue weighted by Gasteiger charge is 2.37. The molecular formula is C11H16N2O4. The highest BCUT2D eigenvalue weighted by atomic mass is 16.5. The van der Waals surface area contributed by atoms with Crippen LogP contribution >= 0.6 is 0 Å². The Morgan fingerprint density at radius 1 is 1.65 bits per heavy atom. The third-order valence-corrected chi connectivity index (χ3v) is 2.59. The van der Waals surface area contributed by atoms with Gasteiger partial charge < -0.3 is 15.2 Å². The molecule has 0 aromatic carbocycles. The van der Waals surface area contributed by atoms with Gasteiger partial charge in [0.25, 0.3) is 0 Å². The number of esters is 1. The molecular weight excluding hydrogens is 224 g/mol. The van der Waals surface area contributed by atoms with Crippen LogP contribution in [-0.2, 0) is 14.3 Å². The molecule has 2 atom stereocenters. The van der Waals surface area contributed by atoms with Gasteiger partial charge in [-0.15, -0.1) is 6.42 Å². The number of nitrogens with zero attached hydrogens (tertiary/aromatic N) is 1. The van der Waals surface area contributed by atoms with Crippen molar-refractivity contribution in [3.05, 3.63) is 0 Å². The van der Waals surface area contributed by atoms with E-state index in [0.717, 1.165) is 0 Å². The monoisotopic (exact) mass is 240 g/mol. The van der Waals surface area contributed by atoms with Gasteiger partial charge in [0.1, 0.15) is 6.04 Å². The predicted molar refractivity (Wildman–Crippen MR) is 59.8 cm³/mol. The van der Waals surface area contributed by atoms with Gasteiger partial charge >= 0.3 is 5.97 Å². The van der Waals surface area contributed by atoms with Crippen LogP contribution in [0, 0.1) is 12.3 Å². The van der Waals surface area contributed by atoms with E-state index in [1.54, 1.807) is 4.90 Å². The van der Waals surface area contributed by atoms with Crippen LogP contribution in [0.25, 0.3) is 0 Å². The number of carbonyl (C=O) groups excluding carboxylic acids is 2. The quantitative estimate of drug-likeness (QED) is 0.454. The zero-order chi connectivity index (χ0) is 12.8. The van der Waals surface area contributed by atoms with E-state index in [4.69, 9.17) is 6.42 Å². The number of hydrogen-bond donors (Lipinski definition) is 2. The lowest BCUT2D eigenvalue weighted by Crippen LogP contribution is -2.43. The number of hydrogen-bond acceptors (Lipinski definition) is 5. The highest BCUT2D eigenvalue weighted by molar-refractivity contribution is 5.81. The molecule has 0 spiro atoms. The van der Waals surface area contributed by atoms with Crippen LogP contribution in [0.1, 0.15) is 6.42 Å². The number of rotatable bonds is 4. The molecule has 0 radical (unpaired) electrons. The average molecular weight is 240 g/mol. The van der Waals surface area contributed by atoms with Crippen LogP contribution in [0.2, 0.25) is 0 Å². The summed E-state index contributed by atoms with van der Waals surface area (Å²) < 4.78 is 4.62. The molecule has 1 fully saturated rings. The molecule has 1 aliphatic rings. The molecule has 2 N–H and O–H groups in total. The number of aliphatic hydroxyl groups excluding tert-OH is 1. The zero-order valence-corrected chi connectivity index (χ0v) is 9.68. The van der Waals surface area contributed by atoms with Crippen molar-refractivity contribution in [1.29, 1.82) is 0 Å². The lowest BCUT2D eigenvalue weighted by Gasteiger charge is -2.20. The Morgan fingerprint density at radius 3 is 2.94 bits per heavy atom. The van der Waals surface area contributed by atoms with E-state index < -0.39 is 18.1 Å². The summed E-state index contributed by atoms with van der Waals surface area (Å²) in [6, 6.07) is -0.563. The number of aliphatic hydroxyl groups is 1. The van der Waals surface area contributed by atoms with Crippen LogP contribution in [0.3, 0.4) is 0 Å². The van der Waals surface area contributed by atoms with E-state index >= 15 is 0 Å². The molecule has 0 aliphatic carbocycles.